The van der Waals surface area contributed by atoms with Crippen molar-refractivity contribution in [3.05, 3.63) is 83.9 Å². The fourth-order valence-electron chi connectivity index (χ4n) is 3.48. The number of benzene rings is 3. The van der Waals surface area contributed by atoms with E-state index >= 15 is 0 Å². The van der Waals surface area contributed by atoms with Gasteiger partial charge in [-0.05, 0) is 42.5 Å². The van der Waals surface area contributed by atoms with E-state index in [1.807, 2.05) is 0 Å². The minimum Gasteiger partial charge on any atom is -0.492 e. The van der Waals surface area contributed by atoms with Gasteiger partial charge in [-0.3, -0.25) is 14.5 Å². The molecule has 2 amide bonds. The molecule has 0 unspecified atom stereocenters. The molecule has 0 bridgehead atoms. The topological polar surface area (TPSA) is 97.8 Å². The summed E-state index contributed by atoms with van der Waals surface area (Å²) in [4.78, 5) is 24.8. The molecule has 0 saturated carbocycles. The number of carbonyl (C=O) groups excluding carboxylic acids is 2. The summed E-state index contributed by atoms with van der Waals surface area (Å²) in [6.45, 7) is -0.304. The van der Waals surface area contributed by atoms with Gasteiger partial charge in [0.15, 0.2) is 0 Å². The third-order valence-electron chi connectivity index (χ3n) is 5.17. The van der Waals surface area contributed by atoms with Crippen LogP contribution in [0, 0.1) is 0 Å². The number of halogens is 3. The molecule has 180 valence electrons. The Morgan fingerprint density at radius 1 is 1.03 bits per heavy atom. The number of amides is 2. The maximum atomic E-state index is 13.7. The first-order valence-corrected chi connectivity index (χ1v) is 10.5. The van der Waals surface area contributed by atoms with Crippen molar-refractivity contribution in [2.45, 2.75) is 6.18 Å². The Hall–Kier alpha value is -4.47. The van der Waals surface area contributed by atoms with E-state index < -0.39 is 17.6 Å². The summed E-state index contributed by atoms with van der Waals surface area (Å²) in [6.07, 6.45) is -4.45. The number of nitrogen functional groups attached to an aromatic ring is 1. The summed E-state index contributed by atoms with van der Waals surface area (Å²) in [5.41, 5.74) is 6.09. The fraction of sp³-hybridized carbons (Fsp3) is 0.120. The van der Waals surface area contributed by atoms with Crippen LogP contribution in [0.1, 0.15) is 15.9 Å². The Kier molecular flexibility index (Phi) is 6.63. The van der Waals surface area contributed by atoms with E-state index in [1.165, 1.54) is 42.5 Å². The molecule has 3 aromatic carbocycles. The van der Waals surface area contributed by atoms with Crippen LogP contribution in [0.3, 0.4) is 0 Å². The molecule has 1 heterocycles. The third-order valence-corrected chi connectivity index (χ3v) is 5.17. The lowest BCUT2D eigenvalue weighted by Gasteiger charge is -2.17. The number of hydrogen-bond acceptors (Lipinski definition) is 5. The minimum absolute atomic E-state index is 0.0220. The van der Waals surface area contributed by atoms with Crippen LogP contribution in [-0.2, 0) is 11.0 Å². The second-order valence-electron chi connectivity index (χ2n) is 7.49. The molecular weight excluding hydrogens is 463 g/mol. The van der Waals surface area contributed by atoms with Crippen molar-refractivity contribution in [2.24, 2.45) is 0 Å². The SMILES string of the molecule is Nc1ccccc1NC(=O)c1ccc(OCCN(C=O)c2oc3ccccc3c2C(F)(F)F)cc1. The number of nitrogens with one attached hydrogen (secondary N) is 1. The number of hydrogen-bond donors (Lipinski definition) is 2. The summed E-state index contributed by atoms with van der Waals surface area (Å²) in [7, 11) is 0. The van der Waals surface area contributed by atoms with Crippen molar-refractivity contribution in [2.75, 3.05) is 29.1 Å². The van der Waals surface area contributed by atoms with Crippen molar-refractivity contribution < 1.29 is 31.9 Å². The lowest BCUT2D eigenvalue weighted by Crippen LogP contribution is -2.28. The molecule has 0 saturated heterocycles. The number of ether oxygens (including phenoxy) is 1. The minimum atomic E-state index is -4.72. The van der Waals surface area contributed by atoms with Gasteiger partial charge in [0.25, 0.3) is 5.91 Å². The van der Waals surface area contributed by atoms with Gasteiger partial charge in [-0.15, -0.1) is 0 Å². The van der Waals surface area contributed by atoms with Crippen molar-refractivity contribution in [3.8, 4) is 5.75 Å². The Morgan fingerprint density at radius 2 is 1.71 bits per heavy atom. The number of anilines is 3. The molecule has 1 aromatic heterocycles. The van der Waals surface area contributed by atoms with E-state index in [-0.39, 0.29) is 36.4 Å². The predicted molar refractivity (Wildman–Crippen MR) is 125 cm³/mol. The zero-order chi connectivity index (χ0) is 25.0. The van der Waals surface area contributed by atoms with Gasteiger partial charge < -0.3 is 20.2 Å². The van der Waals surface area contributed by atoms with E-state index in [1.54, 1.807) is 30.3 Å². The summed E-state index contributed by atoms with van der Waals surface area (Å²) < 4.78 is 52.0. The van der Waals surface area contributed by atoms with E-state index in [4.69, 9.17) is 14.9 Å². The Morgan fingerprint density at radius 3 is 2.40 bits per heavy atom. The van der Waals surface area contributed by atoms with E-state index in [2.05, 4.69) is 5.32 Å². The molecule has 0 aliphatic rings. The van der Waals surface area contributed by atoms with Gasteiger partial charge in [-0.1, -0.05) is 30.3 Å². The Labute approximate surface area is 197 Å². The standard InChI is InChI=1S/C25H20F3N3O4/c26-25(27,28)22-18-5-1-4-8-21(18)35-24(22)31(15-32)13-14-34-17-11-9-16(10-12-17)23(33)30-20-7-3-2-6-19(20)29/h1-12,15H,13-14,29H2,(H,30,33). The molecule has 35 heavy (non-hydrogen) atoms. The number of alkyl halides is 3. The zero-order valence-electron chi connectivity index (χ0n) is 18.2. The molecule has 0 fully saturated rings. The number of fused-ring (bicyclic) bond motifs is 1. The van der Waals surface area contributed by atoms with Gasteiger partial charge in [0.1, 0.15) is 23.5 Å². The van der Waals surface area contributed by atoms with Crippen molar-refractivity contribution in [1.29, 1.82) is 0 Å². The summed E-state index contributed by atoms with van der Waals surface area (Å²) >= 11 is 0. The largest absolute Gasteiger partial charge is 0.492 e. The summed E-state index contributed by atoms with van der Waals surface area (Å²) in [5.74, 6) is -0.595. The highest BCUT2D eigenvalue weighted by Crippen LogP contribution is 2.43. The lowest BCUT2D eigenvalue weighted by molar-refractivity contribution is -0.136. The average molecular weight is 483 g/mol. The first-order valence-electron chi connectivity index (χ1n) is 10.5. The van der Waals surface area contributed by atoms with Crippen LogP contribution < -0.4 is 20.7 Å². The van der Waals surface area contributed by atoms with Crippen LogP contribution in [0.25, 0.3) is 11.0 Å². The van der Waals surface area contributed by atoms with Crippen LogP contribution in [-0.4, -0.2) is 25.5 Å². The van der Waals surface area contributed by atoms with Gasteiger partial charge in [-0.25, -0.2) is 0 Å². The van der Waals surface area contributed by atoms with Gasteiger partial charge in [0.2, 0.25) is 12.3 Å². The van der Waals surface area contributed by atoms with E-state index in [0.29, 0.717) is 22.7 Å². The molecule has 10 heteroatoms. The second kappa shape index (κ2) is 9.80. The van der Waals surface area contributed by atoms with E-state index in [9.17, 15) is 22.8 Å². The zero-order valence-corrected chi connectivity index (χ0v) is 18.2. The third kappa shape index (κ3) is 5.21. The highest BCUT2D eigenvalue weighted by atomic mass is 19.4. The Balaban J connectivity index is 1.41. The summed E-state index contributed by atoms with van der Waals surface area (Å²) in [5, 5.41) is 2.57. The number of rotatable bonds is 8. The second-order valence-corrected chi connectivity index (χ2v) is 7.49. The summed E-state index contributed by atoms with van der Waals surface area (Å²) in [6, 6.07) is 18.7. The van der Waals surface area contributed by atoms with Crippen molar-refractivity contribution >= 4 is 40.5 Å². The number of nitrogens with zero attached hydrogens (tertiary/aromatic N) is 1. The quantitative estimate of drug-likeness (QED) is 0.261. The molecule has 0 spiro atoms. The number of para-hydroxylation sites is 3. The molecule has 4 aromatic rings. The molecule has 0 atom stereocenters. The van der Waals surface area contributed by atoms with Crippen molar-refractivity contribution in [3.63, 3.8) is 0 Å². The molecule has 0 aliphatic heterocycles. The maximum Gasteiger partial charge on any atom is 0.422 e. The monoisotopic (exact) mass is 483 g/mol. The smallest absolute Gasteiger partial charge is 0.422 e. The first kappa shape index (κ1) is 23.7. The van der Waals surface area contributed by atoms with Crippen LogP contribution >= 0.6 is 0 Å². The van der Waals surface area contributed by atoms with Gasteiger partial charge >= 0.3 is 6.18 Å². The van der Waals surface area contributed by atoms with Gasteiger partial charge in [0, 0.05) is 10.9 Å². The molecule has 3 N–H and O–H groups in total. The molecule has 4 rings (SSSR count). The highest BCUT2D eigenvalue weighted by molar-refractivity contribution is 6.05. The van der Waals surface area contributed by atoms with Crippen molar-refractivity contribution in [1.82, 2.24) is 0 Å². The van der Waals surface area contributed by atoms with Crippen LogP contribution in [0.4, 0.5) is 30.4 Å². The van der Waals surface area contributed by atoms with Crippen LogP contribution in [0.15, 0.2) is 77.2 Å². The normalized spacial score (nSPS) is 11.3. The lowest BCUT2D eigenvalue weighted by atomic mass is 10.1. The van der Waals surface area contributed by atoms with Crippen LogP contribution in [0.5, 0.6) is 5.75 Å². The van der Waals surface area contributed by atoms with E-state index in [0.717, 1.165) is 4.90 Å². The van der Waals surface area contributed by atoms with Gasteiger partial charge in [0.05, 0.1) is 17.9 Å². The van der Waals surface area contributed by atoms with Gasteiger partial charge in [-0.2, -0.15) is 13.2 Å². The molecule has 0 aliphatic carbocycles. The van der Waals surface area contributed by atoms with Crippen LogP contribution in [0.2, 0.25) is 0 Å². The number of nitrogens with two attached hydrogens (primary N) is 1. The molecular formula is C25H20F3N3O4. The highest BCUT2D eigenvalue weighted by Gasteiger charge is 2.40. The number of furan rings is 1. The average Bonchev–Trinajstić information content (AvgIpc) is 3.23. The molecule has 0 radical (unpaired) electrons. The first-order chi connectivity index (χ1) is 16.8. The molecule has 7 nitrogen and oxygen atoms in total. The maximum absolute atomic E-state index is 13.7. The predicted octanol–water partition coefficient (Wildman–Crippen LogP) is 5.33. The fourth-order valence-corrected chi connectivity index (χ4v) is 3.48. The Bertz CT molecular complexity index is 1350. The number of carbonyl (C=O) groups is 2.